The maximum absolute atomic E-state index is 6.04. The SMILES string of the molecule is c1ccc(-c2cc(-c3ccccc3)nc(-n3c4ccccc4c4c3ccc3c5ccccc5n(-c5ccccc5)c34)n2)cc1.c1ccc(-c2cnc(-n3c4ccccc4c4cc(-c5ccc6oc7ccccc7c6c5)ccc43)nc2)cc1.c1ccc(-c2nc(-c3ccc(-c4cccc(-c5ccc6c7ccccc7c7ccccc7c6c5)c4)cc3)cc3c2ccc2ccccc23)cc1. The molecule has 616 valence electrons. The van der Waals surface area contributed by atoms with E-state index in [0.29, 0.717) is 11.9 Å². The van der Waals surface area contributed by atoms with E-state index >= 15 is 0 Å². The van der Waals surface area contributed by atoms with Crippen LogP contribution < -0.4 is 0 Å². The lowest BCUT2D eigenvalue weighted by Crippen LogP contribution is -2.04. The number of pyridine rings is 1. The highest BCUT2D eigenvalue weighted by Gasteiger charge is 2.25. The van der Waals surface area contributed by atoms with E-state index in [1.54, 1.807) is 0 Å². The van der Waals surface area contributed by atoms with Crippen LogP contribution >= 0.6 is 0 Å². The number of nitrogens with zero attached hydrogens (tertiary/aromatic N) is 8. The van der Waals surface area contributed by atoms with Gasteiger partial charge in [0.1, 0.15) is 11.2 Å². The summed E-state index contributed by atoms with van der Waals surface area (Å²) in [7, 11) is 0. The third kappa shape index (κ3) is 13.4. The van der Waals surface area contributed by atoms with E-state index in [-0.39, 0.29) is 0 Å². The van der Waals surface area contributed by atoms with Gasteiger partial charge < -0.3 is 8.98 Å². The van der Waals surface area contributed by atoms with Crippen LogP contribution in [0.1, 0.15) is 0 Å². The lowest BCUT2D eigenvalue weighted by molar-refractivity contribution is 0.669. The Labute approximate surface area is 759 Å². The van der Waals surface area contributed by atoms with Gasteiger partial charge in [0, 0.05) is 94.4 Å². The second-order valence-corrected chi connectivity index (χ2v) is 33.7. The summed E-state index contributed by atoms with van der Waals surface area (Å²) in [4.78, 5) is 25.3. The Morgan fingerprint density at radius 3 is 1.22 bits per heavy atom. The molecule has 0 aliphatic carbocycles. The van der Waals surface area contributed by atoms with E-state index in [2.05, 4.69) is 432 Å². The number of rotatable bonds is 11. The van der Waals surface area contributed by atoms with E-state index in [1.807, 2.05) is 54.9 Å². The van der Waals surface area contributed by atoms with Gasteiger partial charge in [0.05, 0.1) is 55.9 Å². The lowest BCUT2D eigenvalue weighted by Gasteiger charge is -2.13. The van der Waals surface area contributed by atoms with E-state index in [1.165, 1.54) is 119 Å². The molecular formula is C123H78N8O. The summed E-state index contributed by atoms with van der Waals surface area (Å²) in [6.45, 7) is 0. The molecule has 0 N–H and O–H groups in total. The van der Waals surface area contributed by atoms with Crippen LogP contribution in [0.3, 0.4) is 0 Å². The summed E-state index contributed by atoms with van der Waals surface area (Å²) in [6.07, 6.45) is 3.80. The molecule has 0 amide bonds. The van der Waals surface area contributed by atoms with Crippen LogP contribution in [0.5, 0.6) is 0 Å². The molecular weight excluding hydrogens is 1610 g/mol. The van der Waals surface area contributed by atoms with Gasteiger partial charge in [0.25, 0.3) is 0 Å². The van der Waals surface area contributed by atoms with Crippen molar-refractivity contribution >= 4 is 141 Å². The molecule has 7 aromatic heterocycles. The summed E-state index contributed by atoms with van der Waals surface area (Å²) < 4.78 is 12.8. The van der Waals surface area contributed by atoms with Crippen molar-refractivity contribution in [2.45, 2.75) is 0 Å². The molecule has 27 rings (SSSR count). The van der Waals surface area contributed by atoms with Gasteiger partial charge in [-0.15, -0.1) is 0 Å². The molecule has 132 heavy (non-hydrogen) atoms. The molecule has 0 aliphatic heterocycles. The molecule has 0 radical (unpaired) electrons. The van der Waals surface area contributed by atoms with Gasteiger partial charge in [-0.3, -0.25) is 9.13 Å². The van der Waals surface area contributed by atoms with Crippen LogP contribution in [0, 0.1) is 0 Å². The first kappa shape index (κ1) is 76.6. The Balaban J connectivity index is 0.000000107. The fourth-order valence-electron chi connectivity index (χ4n) is 19.9. The van der Waals surface area contributed by atoms with Crippen LogP contribution in [0.25, 0.3) is 248 Å². The van der Waals surface area contributed by atoms with Crippen molar-refractivity contribution in [2.75, 3.05) is 0 Å². The van der Waals surface area contributed by atoms with E-state index < -0.39 is 0 Å². The van der Waals surface area contributed by atoms with Crippen molar-refractivity contribution < 1.29 is 4.42 Å². The molecule has 0 spiro atoms. The zero-order valence-electron chi connectivity index (χ0n) is 71.5. The van der Waals surface area contributed by atoms with Crippen molar-refractivity contribution in [3.05, 3.63) is 473 Å². The Hall–Kier alpha value is -17.8. The quantitative estimate of drug-likeness (QED) is 0.120. The highest BCUT2D eigenvalue weighted by atomic mass is 16.3. The number of benzene rings is 20. The molecule has 7 heterocycles. The molecule has 0 bridgehead atoms. The largest absolute Gasteiger partial charge is 0.456 e. The van der Waals surface area contributed by atoms with Crippen LogP contribution in [-0.2, 0) is 0 Å². The molecule has 0 unspecified atom stereocenters. The third-order valence-corrected chi connectivity index (χ3v) is 26.1. The molecule has 0 saturated heterocycles. The minimum Gasteiger partial charge on any atom is -0.456 e. The summed E-state index contributed by atoms with van der Waals surface area (Å²) in [5.41, 5.74) is 27.0. The lowest BCUT2D eigenvalue weighted by atomic mass is 9.91. The van der Waals surface area contributed by atoms with Crippen LogP contribution in [0.4, 0.5) is 0 Å². The van der Waals surface area contributed by atoms with Gasteiger partial charge in [-0.1, -0.05) is 370 Å². The summed E-state index contributed by atoms with van der Waals surface area (Å²) >= 11 is 0. The number of para-hydroxylation sites is 5. The van der Waals surface area contributed by atoms with Crippen LogP contribution in [0.2, 0.25) is 0 Å². The smallest absolute Gasteiger partial charge is 0.235 e. The molecule has 9 heteroatoms. The third-order valence-electron chi connectivity index (χ3n) is 26.1. The Bertz CT molecular complexity index is 9090. The molecule has 9 nitrogen and oxygen atoms in total. The Kier molecular flexibility index (Phi) is 18.7. The number of fused-ring (bicyclic) bond motifs is 22. The molecule has 0 fully saturated rings. The molecule has 27 aromatic rings. The number of furan rings is 1. The van der Waals surface area contributed by atoms with Gasteiger partial charge in [-0.2, -0.15) is 0 Å². The normalized spacial score (nSPS) is 11.6. The zero-order valence-corrected chi connectivity index (χ0v) is 71.5. The van der Waals surface area contributed by atoms with E-state index in [9.17, 15) is 0 Å². The van der Waals surface area contributed by atoms with Gasteiger partial charge in [-0.25, -0.2) is 24.9 Å². The van der Waals surface area contributed by atoms with Gasteiger partial charge in [0.2, 0.25) is 11.9 Å². The Morgan fingerprint density at radius 1 is 0.182 bits per heavy atom. The number of aromatic nitrogens is 8. The molecule has 0 atom stereocenters. The summed E-state index contributed by atoms with van der Waals surface area (Å²) in [5, 5.41) is 22.1. The minimum absolute atomic E-state index is 0.651. The predicted molar refractivity (Wildman–Crippen MR) is 550 cm³/mol. The fourth-order valence-corrected chi connectivity index (χ4v) is 19.9. The average Bonchev–Trinajstić information content (AvgIpc) is 1.55. The fraction of sp³-hybridized carbons (Fsp3) is 0. The molecule has 0 aliphatic rings. The van der Waals surface area contributed by atoms with Crippen molar-refractivity contribution in [1.29, 1.82) is 0 Å². The van der Waals surface area contributed by atoms with E-state index in [4.69, 9.17) is 29.3 Å². The van der Waals surface area contributed by atoms with E-state index in [0.717, 1.165) is 117 Å². The van der Waals surface area contributed by atoms with Crippen LogP contribution in [0.15, 0.2) is 478 Å². The average molecular weight is 1680 g/mol. The van der Waals surface area contributed by atoms with Crippen molar-refractivity contribution in [3.8, 4) is 107 Å². The molecule has 20 aromatic carbocycles. The summed E-state index contributed by atoms with van der Waals surface area (Å²) in [6, 6.07) is 163. The monoisotopic (exact) mass is 1680 g/mol. The molecule has 0 saturated carbocycles. The Morgan fingerprint density at radius 2 is 0.568 bits per heavy atom. The first-order chi connectivity index (χ1) is 65.5. The van der Waals surface area contributed by atoms with Gasteiger partial charge in [0.15, 0.2) is 0 Å². The predicted octanol–water partition coefficient (Wildman–Crippen LogP) is 32.3. The highest BCUT2D eigenvalue weighted by molar-refractivity contribution is 6.28. The second-order valence-electron chi connectivity index (χ2n) is 33.7. The first-order valence-corrected chi connectivity index (χ1v) is 44.7. The van der Waals surface area contributed by atoms with Gasteiger partial charge in [-0.05, 0) is 178 Å². The highest BCUT2D eigenvalue weighted by Crippen LogP contribution is 2.46. The second kappa shape index (κ2) is 32.3. The minimum atomic E-state index is 0.651. The first-order valence-electron chi connectivity index (χ1n) is 44.7. The van der Waals surface area contributed by atoms with Crippen molar-refractivity contribution in [2.24, 2.45) is 0 Å². The topological polar surface area (TPSA) is 92.4 Å². The number of hydrogen-bond acceptors (Lipinski definition) is 6. The van der Waals surface area contributed by atoms with Crippen molar-refractivity contribution in [1.82, 2.24) is 38.6 Å². The van der Waals surface area contributed by atoms with Gasteiger partial charge >= 0.3 is 0 Å². The zero-order chi connectivity index (χ0) is 87.1. The van der Waals surface area contributed by atoms with Crippen molar-refractivity contribution in [3.63, 3.8) is 0 Å². The van der Waals surface area contributed by atoms with Crippen LogP contribution in [-0.4, -0.2) is 38.6 Å². The maximum Gasteiger partial charge on any atom is 0.235 e. The standard InChI is InChI=1S/C49H31N.C40H26N4.C34H21N3O/c1-2-12-35(13-3-1)49-45-28-25-33-11-4-5-16-39(33)47(45)31-48(50-49)34-23-21-32(22-24-34)36-14-10-15-37(29-36)38-26-27-44-42-19-7-6-17-40(42)41-18-8-9-20-43(41)46(44)30-38;1-4-14-27(15-5-1)33-26-34(28-16-6-2-7-17-28)42-40(41-33)44-36-23-13-11-21-32(36)38-37(44)25-24-31-30-20-10-12-22-35(30)43(39(31)38)29-18-8-3-9-19-29;1-2-8-22(9-3-1)25-20-35-34(36-21-25)37-30-12-6-4-10-26(30)28-18-23(14-16-31(28)37)24-15-17-33-29(19-24)27-11-5-7-13-32(27)38-33/h1-31H;1-26H;1-21H. The summed E-state index contributed by atoms with van der Waals surface area (Å²) in [5.74, 6) is 1.31. The number of hydrogen-bond donors (Lipinski definition) is 0. The maximum atomic E-state index is 6.04.